The first-order chi connectivity index (χ1) is 5.74. The van der Waals surface area contributed by atoms with Gasteiger partial charge in [-0.25, -0.2) is 0 Å². The summed E-state index contributed by atoms with van der Waals surface area (Å²) in [6.07, 6.45) is 2.12. The molecule has 1 aromatic rings. The second-order valence-electron chi connectivity index (χ2n) is 2.95. The smallest absolute Gasteiger partial charge is 0.0409 e. The van der Waals surface area contributed by atoms with Crippen molar-refractivity contribution in [3.63, 3.8) is 0 Å². The van der Waals surface area contributed by atoms with E-state index in [0.29, 0.717) is 0 Å². The highest BCUT2D eigenvalue weighted by Gasteiger charge is 2.03. The van der Waals surface area contributed by atoms with Crippen LogP contribution in [0.2, 0.25) is 5.02 Å². The average Bonchev–Trinajstić information content (AvgIpc) is 2.05. The van der Waals surface area contributed by atoms with E-state index in [4.69, 9.17) is 17.3 Å². The van der Waals surface area contributed by atoms with Crippen LogP contribution in [0.5, 0.6) is 0 Å². The van der Waals surface area contributed by atoms with Crippen molar-refractivity contribution in [1.29, 1.82) is 0 Å². The number of rotatable bonds is 3. The van der Waals surface area contributed by atoms with Crippen LogP contribution in [0.15, 0.2) is 24.3 Å². The van der Waals surface area contributed by atoms with Crippen LogP contribution in [0.1, 0.15) is 31.4 Å². The van der Waals surface area contributed by atoms with Crippen molar-refractivity contribution in [1.82, 2.24) is 0 Å². The fraction of sp³-hybridized carbons (Fsp3) is 0.400. The number of hydrogen-bond donors (Lipinski definition) is 1. The Balaban J connectivity index is 0.00000144. The maximum Gasteiger partial charge on any atom is 0.0409 e. The molecule has 1 nitrogen and oxygen atoms in total. The fourth-order valence-corrected chi connectivity index (χ4v) is 1.41. The highest BCUT2D eigenvalue weighted by molar-refractivity contribution is 6.30. The van der Waals surface area contributed by atoms with E-state index in [1.807, 2.05) is 24.3 Å². The van der Waals surface area contributed by atoms with Gasteiger partial charge < -0.3 is 5.73 Å². The Hall–Kier alpha value is -0.240. The standard InChI is InChI=1S/C10H14ClN.ClH/c1-2-4-10(12)8-5-3-6-9(11)7-8;/h3,5-7,10H,2,4,12H2,1H3;1H/t10-;/m1./s1. The molecule has 1 atom stereocenters. The summed E-state index contributed by atoms with van der Waals surface area (Å²) in [5.41, 5.74) is 7.04. The normalized spacial score (nSPS) is 11.9. The van der Waals surface area contributed by atoms with Crippen molar-refractivity contribution < 1.29 is 0 Å². The molecule has 0 heterocycles. The molecule has 0 spiro atoms. The van der Waals surface area contributed by atoms with Gasteiger partial charge in [0.15, 0.2) is 0 Å². The van der Waals surface area contributed by atoms with Crippen LogP contribution in [0, 0.1) is 0 Å². The predicted octanol–water partition coefficient (Wildman–Crippen LogP) is 3.56. The number of halogens is 2. The largest absolute Gasteiger partial charge is 0.324 e. The van der Waals surface area contributed by atoms with Crippen molar-refractivity contribution in [3.05, 3.63) is 34.9 Å². The molecule has 0 saturated carbocycles. The maximum absolute atomic E-state index is 5.92. The van der Waals surface area contributed by atoms with Gasteiger partial charge in [-0.2, -0.15) is 0 Å². The first-order valence-corrected chi connectivity index (χ1v) is 4.63. The van der Waals surface area contributed by atoms with Gasteiger partial charge in [-0.1, -0.05) is 37.1 Å². The molecule has 0 bridgehead atoms. The van der Waals surface area contributed by atoms with Crippen LogP contribution in [0.25, 0.3) is 0 Å². The van der Waals surface area contributed by atoms with Gasteiger partial charge in [0.25, 0.3) is 0 Å². The molecule has 0 saturated heterocycles. The minimum atomic E-state index is 0. The summed E-state index contributed by atoms with van der Waals surface area (Å²) in [4.78, 5) is 0. The second kappa shape index (κ2) is 6.25. The molecular formula is C10H15Cl2N. The van der Waals surface area contributed by atoms with E-state index in [9.17, 15) is 0 Å². The van der Waals surface area contributed by atoms with Crippen LogP contribution < -0.4 is 5.73 Å². The van der Waals surface area contributed by atoms with E-state index in [1.165, 1.54) is 0 Å². The Morgan fingerprint density at radius 2 is 2.15 bits per heavy atom. The lowest BCUT2D eigenvalue weighted by atomic mass is 10.0. The van der Waals surface area contributed by atoms with Crippen molar-refractivity contribution in [2.24, 2.45) is 5.73 Å². The summed E-state index contributed by atoms with van der Waals surface area (Å²) in [5, 5.41) is 0.763. The van der Waals surface area contributed by atoms with Crippen LogP contribution in [0.3, 0.4) is 0 Å². The molecule has 1 rings (SSSR count). The van der Waals surface area contributed by atoms with Crippen LogP contribution in [-0.4, -0.2) is 0 Å². The topological polar surface area (TPSA) is 26.0 Å². The first-order valence-electron chi connectivity index (χ1n) is 4.25. The lowest BCUT2D eigenvalue weighted by molar-refractivity contribution is 0.638. The van der Waals surface area contributed by atoms with Gasteiger partial charge in [0.1, 0.15) is 0 Å². The lowest BCUT2D eigenvalue weighted by Gasteiger charge is -2.10. The first kappa shape index (κ1) is 12.8. The number of hydrogen-bond acceptors (Lipinski definition) is 1. The molecule has 0 amide bonds. The highest BCUT2D eigenvalue weighted by Crippen LogP contribution is 2.18. The highest BCUT2D eigenvalue weighted by atomic mass is 35.5. The Labute approximate surface area is 90.7 Å². The minimum Gasteiger partial charge on any atom is -0.324 e. The van der Waals surface area contributed by atoms with E-state index >= 15 is 0 Å². The van der Waals surface area contributed by atoms with Gasteiger partial charge in [0.2, 0.25) is 0 Å². The van der Waals surface area contributed by atoms with Crippen LogP contribution >= 0.6 is 24.0 Å². The molecular weight excluding hydrogens is 205 g/mol. The maximum atomic E-state index is 5.92. The summed E-state index contributed by atoms with van der Waals surface area (Å²) < 4.78 is 0. The molecule has 0 radical (unpaired) electrons. The van der Waals surface area contributed by atoms with Gasteiger partial charge in [0, 0.05) is 11.1 Å². The van der Waals surface area contributed by atoms with E-state index in [-0.39, 0.29) is 18.4 Å². The molecule has 2 N–H and O–H groups in total. The van der Waals surface area contributed by atoms with Gasteiger partial charge in [-0.3, -0.25) is 0 Å². The Morgan fingerprint density at radius 1 is 1.46 bits per heavy atom. The molecule has 0 aromatic heterocycles. The van der Waals surface area contributed by atoms with Crippen LogP contribution in [0.4, 0.5) is 0 Å². The predicted molar refractivity (Wildman–Crippen MR) is 60.5 cm³/mol. The molecule has 0 aliphatic heterocycles. The average molecular weight is 220 g/mol. The number of benzene rings is 1. The van der Waals surface area contributed by atoms with Crippen molar-refractivity contribution >= 4 is 24.0 Å². The van der Waals surface area contributed by atoms with Gasteiger partial charge in [-0.15, -0.1) is 12.4 Å². The van der Waals surface area contributed by atoms with Crippen LogP contribution in [-0.2, 0) is 0 Å². The molecule has 3 heteroatoms. The Morgan fingerprint density at radius 3 is 2.69 bits per heavy atom. The van der Waals surface area contributed by atoms with E-state index in [2.05, 4.69) is 6.92 Å². The Kier molecular flexibility index (Phi) is 6.13. The molecule has 1 aromatic carbocycles. The summed E-state index contributed by atoms with van der Waals surface area (Å²) in [6.45, 7) is 2.13. The summed E-state index contributed by atoms with van der Waals surface area (Å²) >= 11 is 5.83. The van der Waals surface area contributed by atoms with Gasteiger partial charge in [0.05, 0.1) is 0 Å². The van der Waals surface area contributed by atoms with Crippen molar-refractivity contribution in [2.45, 2.75) is 25.8 Å². The molecule has 0 aliphatic rings. The zero-order valence-electron chi connectivity index (χ0n) is 7.66. The third-order valence-corrected chi connectivity index (χ3v) is 2.11. The van der Waals surface area contributed by atoms with E-state index in [0.717, 1.165) is 23.4 Å². The molecule has 0 fully saturated rings. The van der Waals surface area contributed by atoms with E-state index in [1.54, 1.807) is 0 Å². The monoisotopic (exact) mass is 219 g/mol. The molecule has 0 aliphatic carbocycles. The third-order valence-electron chi connectivity index (χ3n) is 1.88. The third kappa shape index (κ3) is 3.99. The van der Waals surface area contributed by atoms with Crippen molar-refractivity contribution in [3.8, 4) is 0 Å². The van der Waals surface area contributed by atoms with E-state index < -0.39 is 0 Å². The molecule has 0 unspecified atom stereocenters. The minimum absolute atomic E-state index is 0. The zero-order valence-corrected chi connectivity index (χ0v) is 9.24. The SMILES string of the molecule is CCC[C@@H](N)c1cccc(Cl)c1.Cl. The summed E-state index contributed by atoms with van der Waals surface area (Å²) in [6, 6.07) is 7.89. The second-order valence-corrected chi connectivity index (χ2v) is 3.39. The van der Waals surface area contributed by atoms with Gasteiger partial charge >= 0.3 is 0 Å². The summed E-state index contributed by atoms with van der Waals surface area (Å²) in [7, 11) is 0. The van der Waals surface area contributed by atoms with Gasteiger partial charge in [-0.05, 0) is 24.1 Å². The lowest BCUT2D eigenvalue weighted by Crippen LogP contribution is -2.09. The number of nitrogens with two attached hydrogens (primary N) is 1. The zero-order chi connectivity index (χ0) is 8.97. The Bertz CT molecular complexity index is 250. The molecule has 13 heavy (non-hydrogen) atoms. The summed E-state index contributed by atoms with van der Waals surface area (Å²) in [5.74, 6) is 0. The fourth-order valence-electron chi connectivity index (χ4n) is 1.21. The quantitative estimate of drug-likeness (QED) is 0.827. The molecule has 74 valence electrons. The van der Waals surface area contributed by atoms with Crippen molar-refractivity contribution in [2.75, 3.05) is 0 Å².